The van der Waals surface area contributed by atoms with Gasteiger partial charge in [0.25, 0.3) is 0 Å². The third-order valence-corrected chi connectivity index (χ3v) is 4.97. The van der Waals surface area contributed by atoms with Crippen LogP contribution >= 0.6 is 11.8 Å². The summed E-state index contributed by atoms with van der Waals surface area (Å²) in [5, 5.41) is 11.6. The van der Waals surface area contributed by atoms with Gasteiger partial charge in [-0.2, -0.15) is 0 Å². The Labute approximate surface area is 155 Å². The highest BCUT2D eigenvalue weighted by Crippen LogP contribution is 2.25. The predicted molar refractivity (Wildman–Crippen MR) is 102 cm³/mol. The van der Waals surface area contributed by atoms with Crippen molar-refractivity contribution in [3.05, 3.63) is 59.4 Å². The lowest BCUT2D eigenvalue weighted by molar-refractivity contribution is -0.113. The zero-order chi connectivity index (χ0) is 18.7. The standard InChI is InChI=1S/C19H19FN4OS/c1-12-8-9-16(15(20)10-12)21-17(25)11-26-19-23-22-18(24(19)3)14-7-5-4-6-13(14)2/h4-10H,11H2,1-3H3,(H,21,25). The quantitative estimate of drug-likeness (QED) is 0.691. The van der Waals surface area contributed by atoms with Crippen LogP contribution in [-0.4, -0.2) is 26.4 Å². The molecular formula is C19H19FN4OS. The summed E-state index contributed by atoms with van der Waals surface area (Å²) in [4.78, 5) is 12.1. The average molecular weight is 370 g/mol. The van der Waals surface area contributed by atoms with Crippen molar-refractivity contribution in [3.8, 4) is 11.4 Å². The number of halogens is 1. The summed E-state index contributed by atoms with van der Waals surface area (Å²) in [6.45, 7) is 3.81. The molecule has 0 aliphatic rings. The van der Waals surface area contributed by atoms with E-state index in [-0.39, 0.29) is 17.3 Å². The predicted octanol–water partition coefficient (Wildman–Crippen LogP) is 3.97. The van der Waals surface area contributed by atoms with Gasteiger partial charge in [0.1, 0.15) is 5.82 Å². The minimum atomic E-state index is -0.441. The topological polar surface area (TPSA) is 59.8 Å². The van der Waals surface area contributed by atoms with E-state index in [1.807, 2.05) is 42.8 Å². The normalized spacial score (nSPS) is 10.8. The van der Waals surface area contributed by atoms with Crippen LogP contribution in [0.4, 0.5) is 10.1 Å². The molecule has 0 aliphatic carbocycles. The molecule has 1 aromatic heterocycles. The van der Waals surface area contributed by atoms with Crippen LogP contribution < -0.4 is 5.32 Å². The van der Waals surface area contributed by atoms with E-state index in [0.717, 1.165) is 22.5 Å². The molecule has 0 unspecified atom stereocenters. The van der Waals surface area contributed by atoms with Crippen molar-refractivity contribution in [2.45, 2.75) is 19.0 Å². The van der Waals surface area contributed by atoms with Crippen LogP contribution in [0.5, 0.6) is 0 Å². The van der Waals surface area contributed by atoms with Crippen molar-refractivity contribution in [3.63, 3.8) is 0 Å². The summed E-state index contributed by atoms with van der Waals surface area (Å²) in [7, 11) is 1.86. The monoisotopic (exact) mass is 370 g/mol. The number of aryl methyl sites for hydroxylation is 2. The molecule has 2 aromatic carbocycles. The Balaban J connectivity index is 1.67. The van der Waals surface area contributed by atoms with Gasteiger partial charge in [-0.15, -0.1) is 10.2 Å². The lowest BCUT2D eigenvalue weighted by Crippen LogP contribution is -2.15. The van der Waals surface area contributed by atoms with Crippen LogP contribution in [0.2, 0.25) is 0 Å². The number of nitrogens with zero attached hydrogens (tertiary/aromatic N) is 3. The lowest BCUT2D eigenvalue weighted by Gasteiger charge is -2.08. The Morgan fingerprint density at radius 2 is 1.96 bits per heavy atom. The Morgan fingerprint density at radius 3 is 2.69 bits per heavy atom. The van der Waals surface area contributed by atoms with E-state index in [1.165, 1.54) is 17.8 Å². The second kappa shape index (κ2) is 7.70. The van der Waals surface area contributed by atoms with Gasteiger partial charge in [-0.3, -0.25) is 4.79 Å². The van der Waals surface area contributed by atoms with Crippen LogP contribution in [0.3, 0.4) is 0 Å². The summed E-state index contributed by atoms with van der Waals surface area (Å²) < 4.78 is 15.7. The highest BCUT2D eigenvalue weighted by molar-refractivity contribution is 7.99. The zero-order valence-corrected chi connectivity index (χ0v) is 15.6. The van der Waals surface area contributed by atoms with Crippen LogP contribution in [-0.2, 0) is 11.8 Å². The number of hydrogen-bond donors (Lipinski definition) is 1. The van der Waals surface area contributed by atoms with Crippen molar-refractivity contribution in [2.75, 3.05) is 11.1 Å². The first-order chi connectivity index (χ1) is 12.5. The number of benzene rings is 2. The van der Waals surface area contributed by atoms with E-state index in [1.54, 1.807) is 19.1 Å². The van der Waals surface area contributed by atoms with E-state index in [2.05, 4.69) is 15.5 Å². The molecule has 0 atom stereocenters. The van der Waals surface area contributed by atoms with E-state index < -0.39 is 5.82 Å². The summed E-state index contributed by atoms with van der Waals surface area (Å²) in [5.41, 5.74) is 3.09. The summed E-state index contributed by atoms with van der Waals surface area (Å²) in [6, 6.07) is 12.6. The van der Waals surface area contributed by atoms with Crippen molar-refractivity contribution >= 4 is 23.4 Å². The third-order valence-electron chi connectivity index (χ3n) is 3.95. The number of anilines is 1. The molecule has 26 heavy (non-hydrogen) atoms. The van der Waals surface area contributed by atoms with Crippen LogP contribution in [0.25, 0.3) is 11.4 Å². The van der Waals surface area contributed by atoms with Crippen molar-refractivity contribution < 1.29 is 9.18 Å². The molecule has 0 saturated heterocycles. The first-order valence-electron chi connectivity index (χ1n) is 8.10. The minimum Gasteiger partial charge on any atom is -0.323 e. The number of amides is 1. The Morgan fingerprint density at radius 1 is 1.19 bits per heavy atom. The largest absolute Gasteiger partial charge is 0.323 e. The molecule has 3 rings (SSSR count). The molecule has 134 valence electrons. The van der Waals surface area contributed by atoms with Gasteiger partial charge in [0.05, 0.1) is 11.4 Å². The second-order valence-electron chi connectivity index (χ2n) is 6.00. The first kappa shape index (κ1) is 18.1. The SMILES string of the molecule is Cc1ccc(NC(=O)CSc2nnc(-c3ccccc3C)n2C)c(F)c1. The van der Waals surface area contributed by atoms with Crippen LogP contribution in [0.15, 0.2) is 47.6 Å². The molecule has 3 aromatic rings. The minimum absolute atomic E-state index is 0.118. The molecule has 5 nitrogen and oxygen atoms in total. The van der Waals surface area contributed by atoms with E-state index in [9.17, 15) is 9.18 Å². The Hall–Kier alpha value is -2.67. The number of aromatic nitrogens is 3. The highest BCUT2D eigenvalue weighted by atomic mass is 32.2. The zero-order valence-electron chi connectivity index (χ0n) is 14.8. The molecule has 1 heterocycles. The maximum atomic E-state index is 13.8. The summed E-state index contributed by atoms with van der Waals surface area (Å²) in [6.07, 6.45) is 0. The summed E-state index contributed by atoms with van der Waals surface area (Å²) >= 11 is 1.26. The highest BCUT2D eigenvalue weighted by Gasteiger charge is 2.14. The van der Waals surface area contributed by atoms with Gasteiger partial charge >= 0.3 is 0 Å². The maximum absolute atomic E-state index is 13.8. The molecule has 7 heteroatoms. The average Bonchev–Trinajstić information content (AvgIpc) is 2.97. The molecule has 0 bridgehead atoms. The molecule has 0 fully saturated rings. The van der Waals surface area contributed by atoms with E-state index >= 15 is 0 Å². The molecule has 0 spiro atoms. The Bertz CT molecular complexity index is 954. The second-order valence-corrected chi connectivity index (χ2v) is 6.94. The van der Waals surface area contributed by atoms with Gasteiger partial charge in [0.2, 0.25) is 5.91 Å². The van der Waals surface area contributed by atoms with Gasteiger partial charge in [0, 0.05) is 12.6 Å². The molecule has 1 amide bonds. The van der Waals surface area contributed by atoms with Crippen molar-refractivity contribution in [2.24, 2.45) is 7.05 Å². The number of thioether (sulfide) groups is 1. The van der Waals surface area contributed by atoms with Gasteiger partial charge < -0.3 is 9.88 Å². The summed E-state index contributed by atoms with van der Waals surface area (Å²) in [5.74, 6) is 0.130. The van der Waals surface area contributed by atoms with E-state index in [4.69, 9.17) is 0 Å². The van der Waals surface area contributed by atoms with Gasteiger partial charge in [0.15, 0.2) is 11.0 Å². The fourth-order valence-electron chi connectivity index (χ4n) is 2.54. The smallest absolute Gasteiger partial charge is 0.234 e. The Kier molecular flexibility index (Phi) is 5.37. The molecule has 0 aliphatic heterocycles. The fourth-order valence-corrected chi connectivity index (χ4v) is 3.25. The van der Waals surface area contributed by atoms with Gasteiger partial charge in [-0.05, 0) is 37.1 Å². The number of nitrogens with one attached hydrogen (secondary N) is 1. The van der Waals surface area contributed by atoms with Gasteiger partial charge in [-0.25, -0.2) is 4.39 Å². The maximum Gasteiger partial charge on any atom is 0.234 e. The van der Waals surface area contributed by atoms with Crippen LogP contribution in [0, 0.1) is 19.7 Å². The molecule has 1 N–H and O–H groups in total. The molecular weight excluding hydrogens is 351 g/mol. The molecule has 0 saturated carbocycles. The first-order valence-corrected chi connectivity index (χ1v) is 9.08. The van der Waals surface area contributed by atoms with Crippen molar-refractivity contribution in [1.82, 2.24) is 14.8 Å². The number of hydrogen-bond acceptors (Lipinski definition) is 4. The van der Waals surface area contributed by atoms with Gasteiger partial charge in [-0.1, -0.05) is 42.1 Å². The third kappa shape index (κ3) is 3.94. The van der Waals surface area contributed by atoms with E-state index in [0.29, 0.717) is 5.16 Å². The molecule has 0 radical (unpaired) electrons. The lowest BCUT2D eigenvalue weighted by atomic mass is 10.1. The fraction of sp³-hybridized carbons (Fsp3) is 0.211. The van der Waals surface area contributed by atoms with Crippen LogP contribution in [0.1, 0.15) is 11.1 Å². The number of carbonyl (C=O) groups excluding carboxylic acids is 1. The number of rotatable bonds is 5. The van der Waals surface area contributed by atoms with Crippen molar-refractivity contribution in [1.29, 1.82) is 0 Å². The number of carbonyl (C=O) groups is 1.